The summed E-state index contributed by atoms with van der Waals surface area (Å²) >= 11 is 0. The first-order chi connectivity index (χ1) is 6.27. The molecule has 0 aromatic carbocycles. The Kier molecular flexibility index (Phi) is 3.77. The lowest BCUT2D eigenvalue weighted by atomic mass is 10.1. The standard InChI is InChI=1S/C11H17NO/c1-3-5-11(13)10-6-8-12(9-10)7-4-2/h4,6,8-9,11,13H,2-3,5,7H2,1H3. The predicted octanol–water partition coefficient (Wildman–Crippen LogP) is 2.51. The molecule has 0 saturated carbocycles. The van der Waals surface area contributed by atoms with Gasteiger partial charge in [-0.15, -0.1) is 6.58 Å². The second kappa shape index (κ2) is 4.87. The molecule has 0 fully saturated rings. The van der Waals surface area contributed by atoms with E-state index < -0.39 is 0 Å². The van der Waals surface area contributed by atoms with E-state index in [4.69, 9.17) is 0 Å². The minimum atomic E-state index is -0.309. The van der Waals surface area contributed by atoms with Gasteiger partial charge in [0.25, 0.3) is 0 Å². The maximum Gasteiger partial charge on any atom is 0.0804 e. The predicted molar refractivity (Wildman–Crippen MR) is 54.5 cm³/mol. The minimum Gasteiger partial charge on any atom is -0.388 e. The number of hydrogen-bond acceptors (Lipinski definition) is 1. The van der Waals surface area contributed by atoms with E-state index in [-0.39, 0.29) is 6.10 Å². The van der Waals surface area contributed by atoms with E-state index in [1.54, 1.807) is 0 Å². The van der Waals surface area contributed by atoms with Crippen LogP contribution in [0.1, 0.15) is 31.4 Å². The summed E-state index contributed by atoms with van der Waals surface area (Å²) in [4.78, 5) is 0. The van der Waals surface area contributed by atoms with Crippen LogP contribution in [0.2, 0.25) is 0 Å². The molecule has 0 saturated heterocycles. The molecule has 0 spiro atoms. The SMILES string of the molecule is C=CCn1ccc(C(O)CCC)c1. The first-order valence-electron chi connectivity index (χ1n) is 4.72. The van der Waals surface area contributed by atoms with Crippen LogP contribution in [0, 0.1) is 0 Å². The van der Waals surface area contributed by atoms with Gasteiger partial charge < -0.3 is 9.67 Å². The maximum absolute atomic E-state index is 9.66. The Morgan fingerprint density at radius 1 is 1.69 bits per heavy atom. The molecule has 1 aromatic heterocycles. The second-order valence-corrected chi connectivity index (χ2v) is 3.23. The first-order valence-corrected chi connectivity index (χ1v) is 4.72. The molecule has 0 aliphatic carbocycles. The summed E-state index contributed by atoms with van der Waals surface area (Å²) < 4.78 is 2.02. The molecule has 1 heterocycles. The van der Waals surface area contributed by atoms with E-state index in [1.165, 1.54) is 0 Å². The molecule has 0 aliphatic rings. The summed E-state index contributed by atoms with van der Waals surface area (Å²) in [7, 11) is 0. The Labute approximate surface area is 79.5 Å². The Morgan fingerprint density at radius 3 is 3.08 bits per heavy atom. The first kappa shape index (κ1) is 10.1. The molecular formula is C11H17NO. The molecule has 0 bridgehead atoms. The summed E-state index contributed by atoms with van der Waals surface area (Å²) in [5, 5.41) is 9.66. The second-order valence-electron chi connectivity index (χ2n) is 3.23. The molecule has 1 atom stereocenters. The normalized spacial score (nSPS) is 12.8. The summed E-state index contributed by atoms with van der Waals surface area (Å²) in [5.41, 5.74) is 1.00. The van der Waals surface area contributed by atoms with Gasteiger partial charge in [0.15, 0.2) is 0 Å². The van der Waals surface area contributed by atoms with Crippen molar-refractivity contribution in [2.75, 3.05) is 0 Å². The van der Waals surface area contributed by atoms with Crippen LogP contribution in [-0.2, 0) is 6.54 Å². The molecule has 1 unspecified atom stereocenters. The van der Waals surface area contributed by atoms with Crippen molar-refractivity contribution in [3.05, 3.63) is 36.7 Å². The lowest BCUT2D eigenvalue weighted by Crippen LogP contribution is -1.95. The Balaban J connectivity index is 2.61. The van der Waals surface area contributed by atoms with Crippen LogP contribution in [0.5, 0.6) is 0 Å². The fourth-order valence-electron chi connectivity index (χ4n) is 1.36. The summed E-state index contributed by atoms with van der Waals surface area (Å²) in [5.74, 6) is 0. The van der Waals surface area contributed by atoms with E-state index in [0.717, 1.165) is 24.9 Å². The van der Waals surface area contributed by atoms with Gasteiger partial charge in [-0.05, 0) is 18.1 Å². The fraction of sp³-hybridized carbons (Fsp3) is 0.455. The van der Waals surface area contributed by atoms with E-state index in [0.29, 0.717) is 0 Å². The van der Waals surface area contributed by atoms with Crippen molar-refractivity contribution in [1.29, 1.82) is 0 Å². The highest BCUT2D eigenvalue weighted by molar-refractivity contribution is 5.13. The van der Waals surface area contributed by atoms with E-state index in [2.05, 4.69) is 13.5 Å². The number of aliphatic hydroxyl groups is 1. The summed E-state index contributed by atoms with van der Waals surface area (Å²) in [6.07, 6.45) is 7.32. The third-order valence-electron chi connectivity index (χ3n) is 2.06. The average Bonchev–Trinajstić information content (AvgIpc) is 2.54. The lowest BCUT2D eigenvalue weighted by Gasteiger charge is -2.05. The van der Waals surface area contributed by atoms with Crippen LogP contribution in [-0.4, -0.2) is 9.67 Å². The van der Waals surface area contributed by atoms with Gasteiger partial charge in [0, 0.05) is 18.9 Å². The zero-order chi connectivity index (χ0) is 9.68. The largest absolute Gasteiger partial charge is 0.388 e. The number of rotatable bonds is 5. The molecule has 72 valence electrons. The summed E-state index contributed by atoms with van der Waals surface area (Å²) in [6.45, 7) is 6.54. The van der Waals surface area contributed by atoms with Crippen LogP contribution < -0.4 is 0 Å². The van der Waals surface area contributed by atoms with Crippen LogP contribution in [0.4, 0.5) is 0 Å². The van der Waals surface area contributed by atoms with Gasteiger partial charge in [-0.2, -0.15) is 0 Å². The minimum absolute atomic E-state index is 0.309. The average molecular weight is 179 g/mol. The molecular weight excluding hydrogens is 162 g/mol. The number of aromatic nitrogens is 1. The van der Waals surface area contributed by atoms with E-state index in [1.807, 2.05) is 29.1 Å². The Hall–Kier alpha value is -1.02. The molecule has 1 N–H and O–H groups in total. The Morgan fingerprint density at radius 2 is 2.46 bits per heavy atom. The molecule has 0 radical (unpaired) electrons. The summed E-state index contributed by atoms with van der Waals surface area (Å²) in [6, 6.07) is 1.96. The number of nitrogens with zero attached hydrogens (tertiary/aromatic N) is 1. The van der Waals surface area contributed by atoms with Crippen molar-refractivity contribution in [3.63, 3.8) is 0 Å². The smallest absolute Gasteiger partial charge is 0.0804 e. The van der Waals surface area contributed by atoms with Gasteiger partial charge in [0.2, 0.25) is 0 Å². The van der Waals surface area contributed by atoms with E-state index in [9.17, 15) is 5.11 Å². The van der Waals surface area contributed by atoms with E-state index >= 15 is 0 Å². The van der Waals surface area contributed by atoms with Crippen molar-refractivity contribution in [2.45, 2.75) is 32.4 Å². The molecule has 0 amide bonds. The zero-order valence-electron chi connectivity index (χ0n) is 8.11. The fourth-order valence-corrected chi connectivity index (χ4v) is 1.36. The van der Waals surface area contributed by atoms with Crippen molar-refractivity contribution in [3.8, 4) is 0 Å². The van der Waals surface area contributed by atoms with Gasteiger partial charge in [-0.3, -0.25) is 0 Å². The van der Waals surface area contributed by atoms with Crippen molar-refractivity contribution in [2.24, 2.45) is 0 Å². The van der Waals surface area contributed by atoms with Crippen LogP contribution in [0.3, 0.4) is 0 Å². The molecule has 0 aliphatic heterocycles. The quantitative estimate of drug-likeness (QED) is 0.690. The van der Waals surface area contributed by atoms with Crippen molar-refractivity contribution >= 4 is 0 Å². The maximum atomic E-state index is 9.66. The third kappa shape index (κ3) is 2.74. The third-order valence-corrected chi connectivity index (χ3v) is 2.06. The highest BCUT2D eigenvalue weighted by atomic mass is 16.3. The van der Waals surface area contributed by atoms with Crippen LogP contribution in [0.15, 0.2) is 31.1 Å². The van der Waals surface area contributed by atoms with Gasteiger partial charge in [-0.1, -0.05) is 19.4 Å². The molecule has 2 heteroatoms. The Bertz CT molecular complexity index is 265. The lowest BCUT2D eigenvalue weighted by molar-refractivity contribution is 0.166. The van der Waals surface area contributed by atoms with Crippen LogP contribution in [0.25, 0.3) is 0 Å². The van der Waals surface area contributed by atoms with Gasteiger partial charge in [0.1, 0.15) is 0 Å². The number of hydrogen-bond donors (Lipinski definition) is 1. The highest BCUT2D eigenvalue weighted by Gasteiger charge is 2.06. The van der Waals surface area contributed by atoms with Crippen molar-refractivity contribution in [1.82, 2.24) is 4.57 Å². The molecule has 1 aromatic rings. The zero-order valence-corrected chi connectivity index (χ0v) is 8.11. The van der Waals surface area contributed by atoms with Gasteiger partial charge in [0.05, 0.1) is 6.10 Å². The van der Waals surface area contributed by atoms with Gasteiger partial charge in [-0.25, -0.2) is 0 Å². The molecule has 1 rings (SSSR count). The topological polar surface area (TPSA) is 25.2 Å². The van der Waals surface area contributed by atoms with Crippen LogP contribution >= 0.6 is 0 Å². The highest BCUT2D eigenvalue weighted by Crippen LogP contribution is 2.18. The monoisotopic (exact) mass is 179 g/mol. The number of allylic oxidation sites excluding steroid dienone is 1. The van der Waals surface area contributed by atoms with Gasteiger partial charge >= 0.3 is 0 Å². The van der Waals surface area contributed by atoms with Crippen molar-refractivity contribution < 1.29 is 5.11 Å². The molecule has 13 heavy (non-hydrogen) atoms. The molecule has 2 nitrogen and oxygen atoms in total. The number of aliphatic hydroxyl groups excluding tert-OH is 1.